The van der Waals surface area contributed by atoms with Gasteiger partial charge in [0.15, 0.2) is 0 Å². The average Bonchev–Trinajstić information content (AvgIpc) is 2.81. The number of hydrogen-bond donors (Lipinski definition) is 2. The second-order valence-electron chi connectivity index (χ2n) is 5.20. The molecule has 0 spiro atoms. The maximum absolute atomic E-state index is 12.0. The molecule has 0 saturated carbocycles. The quantitative estimate of drug-likeness (QED) is 0.835. The molecule has 1 unspecified atom stereocenters. The lowest BCUT2D eigenvalue weighted by Gasteiger charge is -2.29. The van der Waals surface area contributed by atoms with E-state index in [4.69, 9.17) is 0 Å². The summed E-state index contributed by atoms with van der Waals surface area (Å²) >= 11 is 0. The molecule has 2 aromatic rings. The summed E-state index contributed by atoms with van der Waals surface area (Å²) in [5.41, 5.74) is 1.49. The molecule has 1 atom stereocenters. The molecule has 102 valence electrons. The standard InChI is InChI=1S/C16H16N2O2/c1-2-9-16(11-6-4-3-5-7-11)10-8-12-13(16)17-15(20)18-14(12)19/h2-7H,1,8-10H2,(H2,17,18,19,20). The van der Waals surface area contributed by atoms with E-state index in [2.05, 4.69) is 16.5 Å². The summed E-state index contributed by atoms with van der Waals surface area (Å²) < 4.78 is 0. The number of benzene rings is 1. The lowest BCUT2D eigenvalue weighted by atomic mass is 9.75. The summed E-state index contributed by atoms with van der Waals surface area (Å²) in [5.74, 6) is 0. The van der Waals surface area contributed by atoms with Gasteiger partial charge in [0.05, 0.1) is 0 Å². The third kappa shape index (κ3) is 1.76. The fourth-order valence-corrected chi connectivity index (χ4v) is 3.24. The van der Waals surface area contributed by atoms with Crippen molar-refractivity contribution in [1.82, 2.24) is 9.97 Å². The van der Waals surface area contributed by atoms with Crippen LogP contribution in [0, 0.1) is 0 Å². The fourth-order valence-electron chi connectivity index (χ4n) is 3.24. The van der Waals surface area contributed by atoms with E-state index in [-0.39, 0.29) is 11.0 Å². The van der Waals surface area contributed by atoms with Gasteiger partial charge in [-0.05, 0) is 24.8 Å². The van der Waals surface area contributed by atoms with Gasteiger partial charge in [0.2, 0.25) is 0 Å². The first-order valence-corrected chi connectivity index (χ1v) is 6.70. The summed E-state index contributed by atoms with van der Waals surface area (Å²) in [6.07, 6.45) is 4.02. The fraction of sp³-hybridized carbons (Fsp3) is 0.250. The molecule has 20 heavy (non-hydrogen) atoms. The predicted octanol–water partition coefficient (Wildman–Crippen LogP) is 1.87. The molecule has 1 aromatic carbocycles. The lowest BCUT2D eigenvalue weighted by molar-refractivity contribution is 0.504. The van der Waals surface area contributed by atoms with Gasteiger partial charge < -0.3 is 4.98 Å². The van der Waals surface area contributed by atoms with Gasteiger partial charge in [-0.1, -0.05) is 36.4 Å². The number of aromatic nitrogens is 2. The summed E-state index contributed by atoms with van der Waals surface area (Å²) in [7, 11) is 0. The van der Waals surface area contributed by atoms with E-state index < -0.39 is 5.69 Å². The van der Waals surface area contributed by atoms with E-state index in [1.807, 2.05) is 36.4 Å². The molecule has 4 heteroatoms. The van der Waals surface area contributed by atoms with Crippen LogP contribution < -0.4 is 11.2 Å². The van der Waals surface area contributed by atoms with Crippen LogP contribution in [0.4, 0.5) is 0 Å². The van der Waals surface area contributed by atoms with Crippen LogP contribution in [0.5, 0.6) is 0 Å². The lowest BCUT2D eigenvalue weighted by Crippen LogP contribution is -2.32. The Morgan fingerprint density at radius 2 is 1.95 bits per heavy atom. The molecule has 1 aromatic heterocycles. The highest BCUT2D eigenvalue weighted by Gasteiger charge is 2.41. The first-order chi connectivity index (χ1) is 9.67. The molecule has 1 aliphatic rings. The largest absolute Gasteiger partial charge is 0.325 e. The number of fused-ring (bicyclic) bond motifs is 1. The maximum atomic E-state index is 12.0. The minimum atomic E-state index is -0.444. The van der Waals surface area contributed by atoms with Crippen molar-refractivity contribution in [2.75, 3.05) is 0 Å². The van der Waals surface area contributed by atoms with Gasteiger partial charge in [0.1, 0.15) is 0 Å². The van der Waals surface area contributed by atoms with Crippen LogP contribution in [0.1, 0.15) is 29.7 Å². The molecule has 0 saturated heterocycles. The summed E-state index contributed by atoms with van der Waals surface area (Å²) in [6.45, 7) is 3.83. The molecule has 1 heterocycles. The van der Waals surface area contributed by atoms with Gasteiger partial charge in [-0.3, -0.25) is 9.78 Å². The highest BCUT2D eigenvalue weighted by Crippen LogP contribution is 2.44. The Hall–Kier alpha value is -2.36. The van der Waals surface area contributed by atoms with Gasteiger partial charge in [0.25, 0.3) is 5.56 Å². The molecule has 0 radical (unpaired) electrons. The third-order valence-corrected chi connectivity index (χ3v) is 4.14. The number of hydrogen-bond acceptors (Lipinski definition) is 2. The molecule has 4 nitrogen and oxygen atoms in total. The van der Waals surface area contributed by atoms with E-state index in [1.165, 1.54) is 0 Å². The molecular weight excluding hydrogens is 252 g/mol. The second-order valence-corrected chi connectivity index (χ2v) is 5.20. The van der Waals surface area contributed by atoms with E-state index in [0.717, 1.165) is 17.7 Å². The normalized spacial score (nSPS) is 20.6. The first-order valence-electron chi connectivity index (χ1n) is 6.70. The molecule has 0 aliphatic heterocycles. The Kier molecular flexibility index (Phi) is 2.93. The van der Waals surface area contributed by atoms with Gasteiger partial charge in [-0.15, -0.1) is 6.58 Å². The average molecular weight is 268 g/mol. The maximum Gasteiger partial charge on any atom is 0.325 e. The summed E-state index contributed by atoms with van der Waals surface area (Å²) in [4.78, 5) is 28.7. The molecule has 0 fully saturated rings. The topological polar surface area (TPSA) is 65.7 Å². The van der Waals surface area contributed by atoms with Crippen molar-refractivity contribution in [2.45, 2.75) is 24.7 Å². The van der Waals surface area contributed by atoms with Crippen molar-refractivity contribution >= 4 is 0 Å². The SMILES string of the molecule is C=CCC1(c2ccccc2)CCc2c1[nH]c(=O)[nH]c2=O. The predicted molar refractivity (Wildman–Crippen MR) is 78.0 cm³/mol. The van der Waals surface area contributed by atoms with Gasteiger partial charge in [0, 0.05) is 16.7 Å². The molecular formula is C16H16N2O2. The Bertz CT molecular complexity index is 758. The Morgan fingerprint density at radius 3 is 2.65 bits per heavy atom. The Balaban J connectivity index is 2.30. The molecule has 0 bridgehead atoms. The van der Waals surface area contributed by atoms with Crippen molar-refractivity contribution < 1.29 is 0 Å². The van der Waals surface area contributed by atoms with Gasteiger partial charge in [-0.2, -0.15) is 0 Å². The highest BCUT2D eigenvalue weighted by atomic mass is 16.2. The van der Waals surface area contributed by atoms with Crippen molar-refractivity contribution in [3.8, 4) is 0 Å². The number of aromatic amines is 2. The van der Waals surface area contributed by atoms with E-state index in [1.54, 1.807) is 0 Å². The van der Waals surface area contributed by atoms with Gasteiger partial charge >= 0.3 is 5.69 Å². The van der Waals surface area contributed by atoms with Crippen molar-refractivity contribution in [1.29, 1.82) is 0 Å². The van der Waals surface area contributed by atoms with Crippen LogP contribution in [0.25, 0.3) is 0 Å². The van der Waals surface area contributed by atoms with Gasteiger partial charge in [-0.25, -0.2) is 4.79 Å². The van der Waals surface area contributed by atoms with Crippen LogP contribution in [0.3, 0.4) is 0 Å². The second kappa shape index (κ2) is 4.63. The zero-order valence-electron chi connectivity index (χ0n) is 11.1. The highest BCUT2D eigenvalue weighted by molar-refractivity contribution is 5.43. The molecule has 3 rings (SSSR count). The monoisotopic (exact) mass is 268 g/mol. The third-order valence-electron chi connectivity index (χ3n) is 4.14. The zero-order valence-corrected chi connectivity index (χ0v) is 11.1. The zero-order chi connectivity index (χ0) is 14.2. The smallest absolute Gasteiger partial charge is 0.310 e. The molecule has 1 aliphatic carbocycles. The minimum Gasteiger partial charge on any atom is -0.310 e. The number of H-pyrrole nitrogens is 2. The van der Waals surface area contributed by atoms with Crippen LogP contribution in [0.2, 0.25) is 0 Å². The first kappa shape index (κ1) is 12.7. The Morgan fingerprint density at radius 1 is 1.20 bits per heavy atom. The summed E-state index contributed by atoms with van der Waals surface area (Å²) in [5, 5.41) is 0. The van der Waals surface area contributed by atoms with Crippen LogP contribution in [-0.2, 0) is 11.8 Å². The minimum absolute atomic E-state index is 0.273. The van der Waals surface area contributed by atoms with Crippen molar-refractivity contribution in [3.63, 3.8) is 0 Å². The van der Waals surface area contributed by atoms with E-state index in [0.29, 0.717) is 18.4 Å². The van der Waals surface area contributed by atoms with Crippen LogP contribution in [-0.4, -0.2) is 9.97 Å². The van der Waals surface area contributed by atoms with E-state index >= 15 is 0 Å². The van der Waals surface area contributed by atoms with E-state index in [9.17, 15) is 9.59 Å². The molecule has 2 N–H and O–H groups in total. The number of rotatable bonds is 3. The number of allylic oxidation sites excluding steroid dienone is 1. The summed E-state index contributed by atoms with van der Waals surface area (Å²) in [6, 6.07) is 9.99. The van der Waals surface area contributed by atoms with Crippen LogP contribution in [0.15, 0.2) is 52.6 Å². The van der Waals surface area contributed by atoms with Crippen molar-refractivity contribution in [3.05, 3.63) is 80.6 Å². The number of nitrogens with one attached hydrogen (secondary N) is 2. The van der Waals surface area contributed by atoms with Crippen molar-refractivity contribution in [2.24, 2.45) is 0 Å². The Labute approximate surface area is 116 Å². The molecule has 0 amide bonds. The van der Waals surface area contributed by atoms with Crippen LogP contribution >= 0.6 is 0 Å².